The SMILES string of the molecule is CC/C=C\C/C=C\C/C=C\CCCCCCCC(=O)OC(COC(=O)CCCCCCC/C=C\CCC)COC(=O)CCCCCCCCCCCCCCCCCCCCCCCCCCCCCCC. The number of carbonyl (C=O) groups is 3. The summed E-state index contributed by atoms with van der Waals surface area (Å²) < 4.78 is 16.8. The van der Waals surface area contributed by atoms with Crippen LogP contribution in [0, 0.1) is 0 Å². The number of carbonyl (C=O) groups excluding carboxylic acids is 3. The number of ether oxygens (including phenoxy) is 3. The molecule has 6 nitrogen and oxygen atoms in total. The summed E-state index contributed by atoms with van der Waals surface area (Å²) in [4.78, 5) is 38.1. The van der Waals surface area contributed by atoms with Gasteiger partial charge in [0.1, 0.15) is 13.2 Å². The van der Waals surface area contributed by atoms with Gasteiger partial charge in [0.05, 0.1) is 0 Å². The third-order valence-electron chi connectivity index (χ3n) is 14.0. The summed E-state index contributed by atoms with van der Waals surface area (Å²) in [5, 5.41) is 0. The fourth-order valence-electron chi connectivity index (χ4n) is 9.35. The van der Waals surface area contributed by atoms with E-state index in [9.17, 15) is 14.4 Å². The minimum Gasteiger partial charge on any atom is -0.462 e. The fraction of sp³-hybridized carbons (Fsp3) is 0.833. The molecule has 0 saturated heterocycles. The van der Waals surface area contributed by atoms with Gasteiger partial charge < -0.3 is 14.2 Å². The second-order valence-corrected chi connectivity index (χ2v) is 21.3. The molecule has 0 aromatic rings. The molecule has 0 radical (unpaired) electrons. The first kappa shape index (κ1) is 69.4. The van der Waals surface area contributed by atoms with Gasteiger partial charge in [0.15, 0.2) is 6.10 Å². The first-order valence-corrected chi connectivity index (χ1v) is 31.6. The van der Waals surface area contributed by atoms with Crippen molar-refractivity contribution < 1.29 is 28.6 Å². The lowest BCUT2D eigenvalue weighted by Gasteiger charge is -2.18. The summed E-state index contributed by atoms with van der Waals surface area (Å²) in [6.45, 7) is 6.49. The summed E-state index contributed by atoms with van der Waals surface area (Å²) in [5.74, 6) is -0.893. The molecule has 1 unspecified atom stereocenters. The van der Waals surface area contributed by atoms with Crippen LogP contribution in [0.3, 0.4) is 0 Å². The fourth-order valence-corrected chi connectivity index (χ4v) is 9.35. The molecular formula is C66H120O6. The highest BCUT2D eigenvalue weighted by Gasteiger charge is 2.19. The number of allylic oxidation sites excluding steroid dienone is 8. The lowest BCUT2D eigenvalue weighted by atomic mass is 10.0. The van der Waals surface area contributed by atoms with Crippen LogP contribution in [-0.4, -0.2) is 37.2 Å². The molecular weight excluding hydrogens is 889 g/mol. The van der Waals surface area contributed by atoms with Crippen LogP contribution < -0.4 is 0 Å². The van der Waals surface area contributed by atoms with Crippen LogP contribution in [0.5, 0.6) is 0 Å². The van der Waals surface area contributed by atoms with Gasteiger partial charge in [-0.25, -0.2) is 0 Å². The molecule has 0 aliphatic rings. The summed E-state index contributed by atoms with van der Waals surface area (Å²) >= 11 is 0. The quantitative estimate of drug-likeness (QED) is 0.0261. The van der Waals surface area contributed by atoms with Gasteiger partial charge >= 0.3 is 17.9 Å². The van der Waals surface area contributed by atoms with Crippen molar-refractivity contribution in [2.75, 3.05) is 13.2 Å². The zero-order chi connectivity index (χ0) is 52.2. The topological polar surface area (TPSA) is 78.9 Å². The van der Waals surface area contributed by atoms with Crippen molar-refractivity contribution >= 4 is 17.9 Å². The van der Waals surface area contributed by atoms with E-state index in [1.165, 1.54) is 186 Å². The standard InChI is InChI=1S/C66H120O6/c1-4-7-10-13-16-19-22-24-26-27-28-29-30-31-32-33-34-35-36-37-38-39-41-42-44-47-50-53-56-59-65(68)71-62-63(61-70-64(67)58-55-52-49-46-21-18-15-12-9-6-3)72-66(69)60-57-54-51-48-45-43-40-25-23-20-17-14-11-8-5-2/h8,11-12,15,17,20,25,40,63H,4-7,9-10,13-14,16,18-19,21-24,26-39,41-62H2,1-3H3/b11-8-,15-12-,20-17-,40-25-. The molecule has 0 N–H and O–H groups in total. The predicted molar refractivity (Wildman–Crippen MR) is 312 cm³/mol. The van der Waals surface area contributed by atoms with E-state index in [4.69, 9.17) is 14.2 Å². The molecule has 1 atom stereocenters. The van der Waals surface area contributed by atoms with Crippen LogP contribution in [0.1, 0.15) is 335 Å². The van der Waals surface area contributed by atoms with Crippen LogP contribution in [0.15, 0.2) is 48.6 Å². The molecule has 0 aromatic carbocycles. The van der Waals surface area contributed by atoms with Crippen molar-refractivity contribution in [2.24, 2.45) is 0 Å². The van der Waals surface area contributed by atoms with Crippen molar-refractivity contribution in [3.05, 3.63) is 48.6 Å². The van der Waals surface area contributed by atoms with E-state index in [0.717, 1.165) is 109 Å². The number of rotatable bonds is 58. The molecule has 0 saturated carbocycles. The summed E-state index contributed by atoms with van der Waals surface area (Å²) in [7, 11) is 0. The van der Waals surface area contributed by atoms with Crippen LogP contribution in [-0.2, 0) is 28.6 Å². The Bertz CT molecular complexity index is 1250. The zero-order valence-corrected chi connectivity index (χ0v) is 48.2. The van der Waals surface area contributed by atoms with E-state index < -0.39 is 6.10 Å². The second-order valence-electron chi connectivity index (χ2n) is 21.3. The summed E-state index contributed by atoms with van der Waals surface area (Å²) in [6.07, 6.45) is 75.8. The van der Waals surface area contributed by atoms with Crippen molar-refractivity contribution in [1.82, 2.24) is 0 Å². The van der Waals surface area contributed by atoms with E-state index in [1.54, 1.807) is 0 Å². The van der Waals surface area contributed by atoms with Crippen molar-refractivity contribution in [2.45, 2.75) is 341 Å². The Morgan fingerprint density at radius 3 is 0.917 bits per heavy atom. The van der Waals surface area contributed by atoms with Gasteiger partial charge in [0.25, 0.3) is 0 Å². The second kappa shape index (κ2) is 60.9. The van der Waals surface area contributed by atoms with Crippen LogP contribution in [0.2, 0.25) is 0 Å². The molecule has 0 aliphatic carbocycles. The van der Waals surface area contributed by atoms with E-state index in [2.05, 4.69) is 69.4 Å². The normalized spacial score (nSPS) is 12.3. The maximum absolute atomic E-state index is 12.8. The first-order chi connectivity index (χ1) is 35.5. The maximum Gasteiger partial charge on any atom is 0.306 e. The smallest absolute Gasteiger partial charge is 0.306 e. The van der Waals surface area contributed by atoms with Gasteiger partial charge in [-0.05, 0) is 70.6 Å². The van der Waals surface area contributed by atoms with Gasteiger partial charge in [-0.15, -0.1) is 0 Å². The van der Waals surface area contributed by atoms with Gasteiger partial charge in [-0.2, -0.15) is 0 Å². The molecule has 0 aliphatic heterocycles. The highest BCUT2D eigenvalue weighted by molar-refractivity contribution is 5.71. The third kappa shape index (κ3) is 58.3. The largest absolute Gasteiger partial charge is 0.462 e. The predicted octanol–water partition coefficient (Wildman–Crippen LogP) is 21.4. The van der Waals surface area contributed by atoms with E-state index in [1.807, 2.05) is 0 Å². The molecule has 0 spiro atoms. The lowest BCUT2D eigenvalue weighted by molar-refractivity contribution is -0.167. The Kier molecular flexibility index (Phi) is 58.7. The average molecular weight is 1010 g/mol. The van der Waals surface area contributed by atoms with Gasteiger partial charge in [0, 0.05) is 19.3 Å². The van der Waals surface area contributed by atoms with Crippen molar-refractivity contribution in [3.63, 3.8) is 0 Å². The zero-order valence-electron chi connectivity index (χ0n) is 48.2. The van der Waals surface area contributed by atoms with Crippen LogP contribution in [0.4, 0.5) is 0 Å². The Morgan fingerprint density at radius 2 is 0.569 bits per heavy atom. The molecule has 0 fully saturated rings. The maximum atomic E-state index is 12.8. The van der Waals surface area contributed by atoms with E-state index >= 15 is 0 Å². The van der Waals surface area contributed by atoms with Crippen LogP contribution in [0.25, 0.3) is 0 Å². The van der Waals surface area contributed by atoms with Crippen molar-refractivity contribution in [1.29, 1.82) is 0 Å². The van der Waals surface area contributed by atoms with Gasteiger partial charge in [-0.1, -0.05) is 294 Å². The molecule has 0 aromatic heterocycles. The Hall–Kier alpha value is -2.63. The minimum atomic E-state index is -0.783. The minimum absolute atomic E-state index is 0.0800. The monoisotopic (exact) mass is 1010 g/mol. The summed E-state index contributed by atoms with van der Waals surface area (Å²) in [6, 6.07) is 0. The Morgan fingerprint density at radius 1 is 0.292 bits per heavy atom. The molecule has 6 heteroatoms. The molecule has 0 amide bonds. The summed E-state index contributed by atoms with van der Waals surface area (Å²) in [5.41, 5.74) is 0. The highest BCUT2D eigenvalue weighted by Crippen LogP contribution is 2.18. The van der Waals surface area contributed by atoms with Crippen LogP contribution >= 0.6 is 0 Å². The highest BCUT2D eigenvalue weighted by atomic mass is 16.6. The number of hydrogen-bond acceptors (Lipinski definition) is 6. The molecule has 0 rings (SSSR count). The Labute approximate surface area is 448 Å². The van der Waals surface area contributed by atoms with Crippen molar-refractivity contribution in [3.8, 4) is 0 Å². The molecule has 0 bridgehead atoms. The van der Waals surface area contributed by atoms with E-state index in [0.29, 0.717) is 19.3 Å². The molecule has 72 heavy (non-hydrogen) atoms. The lowest BCUT2D eigenvalue weighted by Crippen LogP contribution is -2.30. The number of unbranched alkanes of at least 4 members (excludes halogenated alkanes) is 39. The van der Waals surface area contributed by atoms with E-state index in [-0.39, 0.29) is 31.1 Å². The molecule has 420 valence electrons. The van der Waals surface area contributed by atoms with Gasteiger partial charge in [0.2, 0.25) is 0 Å². The van der Waals surface area contributed by atoms with Gasteiger partial charge in [-0.3, -0.25) is 14.4 Å². The number of hydrogen-bond donors (Lipinski definition) is 0. The Balaban J connectivity index is 4.10. The number of esters is 3. The average Bonchev–Trinajstić information content (AvgIpc) is 3.38. The first-order valence-electron chi connectivity index (χ1n) is 31.6. The molecule has 0 heterocycles. The third-order valence-corrected chi connectivity index (χ3v) is 14.0.